The van der Waals surface area contributed by atoms with Crippen LogP contribution in [0.25, 0.3) is 22.4 Å². The number of likely N-dealkylation sites (tertiary alicyclic amines) is 1. The van der Waals surface area contributed by atoms with Crippen molar-refractivity contribution >= 4 is 71.9 Å². The molecule has 6 aromatic rings. The number of rotatable bonds is 18. The minimum Gasteiger partial charge on any atom is -0.478 e. The highest BCUT2D eigenvalue weighted by Gasteiger charge is 2.30. The molecule has 1 unspecified atom stereocenters. The van der Waals surface area contributed by atoms with Gasteiger partial charge in [0.15, 0.2) is 9.84 Å². The van der Waals surface area contributed by atoms with E-state index < -0.39 is 31.6 Å². The van der Waals surface area contributed by atoms with Crippen molar-refractivity contribution in [3.8, 4) is 22.4 Å². The largest absolute Gasteiger partial charge is 0.478 e. The summed E-state index contributed by atoms with van der Waals surface area (Å²) in [7, 11) is -8.09. The summed E-state index contributed by atoms with van der Waals surface area (Å²) in [6.45, 7) is 10.3. The number of aromatic carboxylic acids is 1. The molecule has 0 radical (unpaired) electrons. The van der Waals surface area contributed by atoms with Crippen molar-refractivity contribution in [2.75, 3.05) is 77.7 Å². The van der Waals surface area contributed by atoms with Gasteiger partial charge in [-0.15, -0.1) is 11.8 Å². The number of sulfone groups is 1. The van der Waals surface area contributed by atoms with Gasteiger partial charge in [0.1, 0.15) is 5.82 Å². The molecule has 5 aromatic carbocycles. The van der Waals surface area contributed by atoms with E-state index in [4.69, 9.17) is 11.6 Å². The molecule has 3 heterocycles. The fraction of sp³-hybridized carbons (Fsp3) is 0.340. The van der Waals surface area contributed by atoms with Crippen molar-refractivity contribution in [2.45, 2.75) is 72.9 Å². The van der Waals surface area contributed by atoms with Crippen molar-refractivity contribution in [3.63, 3.8) is 0 Å². The zero-order chi connectivity index (χ0) is 50.6. The molecule has 0 spiro atoms. The summed E-state index contributed by atoms with van der Waals surface area (Å²) in [6, 6.07) is 32.7. The van der Waals surface area contributed by atoms with Gasteiger partial charge in [0.25, 0.3) is 10.0 Å². The number of carbonyl (C=O) groups is 1. The predicted molar refractivity (Wildman–Crippen MR) is 284 cm³/mol. The van der Waals surface area contributed by atoms with Gasteiger partial charge in [-0.1, -0.05) is 41.9 Å². The number of hydrogen-bond donors (Lipinski definition) is 4. The lowest BCUT2D eigenvalue weighted by Crippen LogP contribution is -2.46. The normalized spacial score (nSPS) is 15.5. The zero-order valence-electron chi connectivity index (χ0n) is 40.2. The van der Waals surface area contributed by atoms with Crippen LogP contribution in [0.15, 0.2) is 130 Å². The van der Waals surface area contributed by atoms with E-state index in [9.17, 15) is 31.8 Å². The van der Waals surface area contributed by atoms with Crippen LogP contribution in [0.3, 0.4) is 0 Å². The van der Waals surface area contributed by atoms with Crippen LogP contribution in [0.5, 0.6) is 0 Å². The number of thioether (sulfide) groups is 1. The zero-order valence-corrected chi connectivity index (χ0v) is 43.4. The lowest BCUT2D eigenvalue weighted by atomic mass is 9.96. The Morgan fingerprint density at radius 3 is 2.08 bits per heavy atom. The number of halogens is 2. The number of nitrogens with one attached hydrogen (secondary N) is 2. The highest BCUT2D eigenvalue weighted by Crippen LogP contribution is 2.43. The fourth-order valence-corrected chi connectivity index (χ4v) is 12.7. The number of carboxylic acid groups (broad SMARTS) is 1. The minimum absolute atomic E-state index is 0.0921. The summed E-state index contributed by atoms with van der Waals surface area (Å²) in [5.41, 5.74) is 5.10. The molecule has 71 heavy (non-hydrogen) atoms. The highest BCUT2D eigenvalue weighted by atomic mass is 35.5. The van der Waals surface area contributed by atoms with E-state index >= 15 is 4.39 Å². The average molecular weight is 1040 g/mol. The molecular formula is C53H60ClFN6O7S3. The first kappa shape index (κ1) is 51.8. The van der Waals surface area contributed by atoms with E-state index in [1.54, 1.807) is 43.0 Å². The van der Waals surface area contributed by atoms with Crippen LogP contribution in [0.2, 0.25) is 5.02 Å². The minimum atomic E-state index is -4.22. The van der Waals surface area contributed by atoms with Gasteiger partial charge in [-0.2, -0.15) is 0 Å². The van der Waals surface area contributed by atoms with Crippen LogP contribution in [-0.2, 0) is 19.9 Å². The third-order valence-corrected chi connectivity index (χ3v) is 17.1. The number of aromatic nitrogens is 1. The Bertz CT molecular complexity index is 3070. The van der Waals surface area contributed by atoms with Gasteiger partial charge < -0.3 is 34.8 Å². The number of carboxylic acids is 1. The molecule has 2 aliphatic rings. The Labute approximate surface area is 425 Å². The summed E-state index contributed by atoms with van der Waals surface area (Å²) < 4.78 is 74.5. The molecule has 18 heteroatoms. The molecule has 0 saturated carbocycles. The van der Waals surface area contributed by atoms with E-state index in [2.05, 4.69) is 24.7 Å². The second kappa shape index (κ2) is 22.1. The van der Waals surface area contributed by atoms with Crippen LogP contribution in [-0.4, -0.2) is 112 Å². The molecule has 0 aliphatic carbocycles. The molecule has 4 N–H and O–H groups in total. The first-order chi connectivity index (χ1) is 33.8. The van der Waals surface area contributed by atoms with Crippen molar-refractivity contribution in [1.82, 2.24) is 9.47 Å². The predicted octanol–water partition coefficient (Wildman–Crippen LogP) is 10.2. The number of hydrogen-bond acceptors (Lipinski definition) is 11. The third kappa shape index (κ3) is 12.4. The smallest absolute Gasteiger partial charge is 0.338 e. The van der Waals surface area contributed by atoms with E-state index in [0.29, 0.717) is 95.8 Å². The first-order valence-corrected chi connectivity index (χ1v) is 28.4. The monoisotopic (exact) mass is 1040 g/mol. The number of piperidine rings is 1. The average Bonchev–Trinajstić information content (AvgIpc) is 3.66. The summed E-state index contributed by atoms with van der Waals surface area (Å²) in [5, 5.41) is 24.5. The maximum Gasteiger partial charge on any atom is 0.338 e. The SMILES string of the molecule is Cc1c(C(=O)O)c(-c2cc(F)cc(N3CCN(c4ccc(NS(=O)(=O)c5ccc(NC(CCN6CCC(O)CC6)CSc6ccccc6)c(S(C)(=O)=O)c5)cc4)CC3)c2)c(-c2ccc(Cl)cc2)n1C(C)C. The molecule has 2 fully saturated rings. The Morgan fingerprint density at radius 2 is 1.46 bits per heavy atom. The number of piperazine rings is 1. The number of anilines is 4. The van der Waals surface area contributed by atoms with E-state index in [1.807, 2.05) is 79.1 Å². The maximum absolute atomic E-state index is 15.7. The topological polar surface area (TPSA) is 165 Å². The molecule has 1 atom stereocenters. The number of benzene rings is 5. The van der Waals surface area contributed by atoms with Gasteiger partial charge >= 0.3 is 5.97 Å². The van der Waals surface area contributed by atoms with Gasteiger partial charge in [0.05, 0.1) is 32.8 Å². The maximum atomic E-state index is 15.7. The molecule has 0 amide bonds. The third-order valence-electron chi connectivity index (χ3n) is 13.2. The van der Waals surface area contributed by atoms with Crippen molar-refractivity contribution < 1.29 is 36.2 Å². The quantitative estimate of drug-likeness (QED) is 0.0604. The van der Waals surface area contributed by atoms with Gasteiger partial charge in [-0.3, -0.25) is 4.72 Å². The lowest BCUT2D eigenvalue weighted by Gasteiger charge is -2.37. The molecule has 13 nitrogen and oxygen atoms in total. The summed E-state index contributed by atoms with van der Waals surface area (Å²) in [4.78, 5) is 20.2. The second-order valence-electron chi connectivity index (χ2n) is 18.5. The van der Waals surface area contributed by atoms with E-state index in [1.165, 1.54) is 30.3 Å². The lowest BCUT2D eigenvalue weighted by molar-refractivity contribution is 0.0696. The van der Waals surface area contributed by atoms with Gasteiger partial charge in [0, 0.05) is 108 Å². The Balaban J connectivity index is 0.951. The molecule has 2 saturated heterocycles. The number of nitrogens with zero attached hydrogens (tertiary/aromatic N) is 4. The standard InChI is InChI=1S/C53H60ClFN6O7S3/c1-35(2)61-36(3)50(53(63)64)51(52(61)37-10-12-39(54)13-11-37)38-30-40(55)32-44(31-38)60-28-26-59(27-29-60)43-16-14-41(15-17-43)57-71(67,68)47-18-19-48(49(33-47)70(4,65)66)56-42(34-69-46-8-6-5-7-9-46)20-23-58-24-21-45(62)22-25-58/h5-19,30-33,35,42,45,56-57,62H,20-29,34H2,1-4H3,(H,63,64). The van der Waals surface area contributed by atoms with Crippen LogP contribution in [0.4, 0.5) is 27.1 Å². The van der Waals surface area contributed by atoms with Crippen LogP contribution in [0, 0.1) is 12.7 Å². The van der Waals surface area contributed by atoms with Crippen molar-refractivity contribution in [3.05, 3.63) is 137 Å². The molecule has 8 rings (SSSR count). The summed E-state index contributed by atoms with van der Waals surface area (Å²) >= 11 is 7.89. The van der Waals surface area contributed by atoms with Gasteiger partial charge in [-0.25, -0.2) is 26.0 Å². The number of aliphatic hydroxyl groups is 1. The first-order valence-electron chi connectivity index (χ1n) is 23.7. The summed E-state index contributed by atoms with van der Waals surface area (Å²) in [5.74, 6) is -0.950. The highest BCUT2D eigenvalue weighted by molar-refractivity contribution is 7.99. The Kier molecular flexibility index (Phi) is 16.1. The number of sulfonamides is 1. The van der Waals surface area contributed by atoms with Gasteiger partial charge in [0.2, 0.25) is 0 Å². The fourth-order valence-electron chi connectivity index (χ4n) is 9.57. The second-order valence-corrected chi connectivity index (χ2v) is 23.7. The van der Waals surface area contributed by atoms with Crippen LogP contribution >= 0.6 is 23.4 Å². The van der Waals surface area contributed by atoms with Crippen LogP contribution < -0.4 is 19.8 Å². The number of aliphatic hydroxyl groups excluding tert-OH is 1. The summed E-state index contributed by atoms with van der Waals surface area (Å²) in [6.07, 6.45) is 2.92. The molecule has 1 aromatic heterocycles. The van der Waals surface area contributed by atoms with E-state index in [0.717, 1.165) is 42.0 Å². The van der Waals surface area contributed by atoms with Gasteiger partial charge in [-0.05, 0) is 136 Å². The molecule has 0 bridgehead atoms. The molecular weight excluding hydrogens is 983 g/mol. The van der Waals surface area contributed by atoms with E-state index in [-0.39, 0.29) is 33.5 Å². The van der Waals surface area contributed by atoms with Crippen molar-refractivity contribution in [1.29, 1.82) is 0 Å². The molecule has 2 aliphatic heterocycles. The Morgan fingerprint density at radius 1 is 0.817 bits per heavy atom. The van der Waals surface area contributed by atoms with Crippen LogP contribution in [0.1, 0.15) is 55.2 Å². The Hall–Kier alpha value is -5.56. The molecule has 376 valence electrons. The van der Waals surface area contributed by atoms with Crippen molar-refractivity contribution in [2.24, 2.45) is 0 Å².